The minimum absolute atomic E-state index is 0.274. The quantitative estimate of drug-likeness (QED) is 0.813. The fraction of sp³-hybridized carbons (Fsp3) is 0.667. The molecule has 1 N–H and O–H groups in total. The number of hydrogen-bond acceptors (Lipinski definition) is 2. The summed E-state index contributed by atoms with van der Waals surface area (Å²) in [6.07, 6.45) is 6.43. The van der Waals surface area contributed by atoms with Crippen LogP contribution < -0.4 is 10.1 Å². The van der Waals surface area contributed by atoms with E-state index in [1.807, 2.05) is 0 Å². The molecule has 0 saturated heterocycles. The molecule has 112 valence electrons. The highest BCUT2D eigenvalue weighted by Crippen LogP contribution is 2.26. The van der Waals surface area contributed by atoms with E-state index in [0.717, 1.165) is 25.3 Å². The summed E-state index contributed by atoms with van der Waals surface area (Å²) in [6, 6.07) is 6.67. The maximum atomic E-state index is 6.15. The topological polar surface area (TPSA) is 21.3 Å². The number of benzene rings is 1. The van der Waals surface area contributed by atoms with E-state index in [2.05, 4.69) is 44.3 Å². The summed E-state index contributed by atoms with van der Waals surface area (Å²) in [5.41, 5.74) is 3.02. The van der Waals surface area contributed by atoms with Crippen molar-refractivity contribution >= 4 is 0 Å². The van der Waals surface area contributed by atoms with E-state index in [1.165, 1.54) is 36.8 Å². The highest BCUT2D eigenvalue weighted by molar-refractivity contribution is 5.37. The summed E-state index contributed by atoms with van der Waals surface area (Å²) in [5, 5.41) is 3.49. The predicted molar refractivity (Wildman–Crippen MR) is 85.5 cm³/mol. The van der Waals surface area contributed by atoms with Crippen molar-refractivity contribution in [2.24, 2.45) is 5.92 Å². The average molecular weight is 275 g/mol. The van der Waals surface area contributed by atoms with Crippen molar-refractivity contribution < 1.29 is 4.74 Å². The SMILES string of the molecule is CCC(CNCC(C)C)Oc1ccc2c(c1)CCCC2. The monoisotopic (exact) mass is 275 g/mol. The summed E-state index contributed by atoms with van der Waals surface area (Å²) in [6.45, 7) is 8.66. The third-order valence-corrected chi connectivity index (χ3v) is 4.00. The molecule has 20 heavy (non-hydrogen) atoms. The van der Waals surface area contributed by atoms with Crippen LogP contribution in [0.1, 0.15) is 51.2 Å². The molecular weight excluding hydrogens is 246 g/mol. The molecule has 0 aliphatic heterocycles. The van der Waals surface area contributed by atoms with Gasteiger partial charge in [0.2, 0.25) is 0 Å². The van der Waals surface area contributed by atoms with Crippen molar-refractivity contribution in [3.63, 3.8) is 0 Å². The van der Waals surface area contributed by atoms with E-state index in [-0.39, 0.29) is 6.10 Å². The Labute approximate surface area is 123 Å². The largest absolute Gasteiger partial charge is 0.489 e. The van der Waals surface area contributed by atoms with Crippen molar-refractivity contribution in [2.75, 3.05) is 13.1 Å². The Morgan fingerprint density at radius 1 is 1.10 bits per heavy atom. The van der Waals surface area contributed by atoms with Gasteiger partial charge >= 0.3 is 0 Å². The maximum Gasteiger partial charge on any atom is 0.120 e. The highest BCUT2D eigenvalue weighted by atomic mass is 16.5. The number of nitrogens with one attached hydrogen (secondary N) is 1. The summed E-state index contributed by atoms with van der Waals surface area (Å²) in [4.78, 5) is 0. The van der Waals surface area contributed by atoms with Crippen LogP contribution in [0.15, 0.2) is 18.2 Å². The number of fused-ring (bicyclic) bond motifs is 1. The molecule has 2 heteroatoms. The van der Waals surface area contributed by atoms with Gasteiger partial charge in [0.15, 0.2) is 0 Å². The fourth-order valence-corrected chi connectivity index (χ4v) is 2.78. The van der Waals surface area contributed by atoms with Gasteiger partial charge in [-0.15, -0.1) is 0 Å². The minimum atomic E-state index is 0.274. The molecule has 1 atom stereocenters. The Hall–Kier alpha value is -1.02. The van der Waals surface area contributed by atoms with Crippen molar-refractivity contribution in [3.05, 3.63) is 29.3 Å². The Bertz CT molecular complexity index is 414. The first-order valence-corrected chi connectivity index (χ1v) is 8.18. The maximum absolute atomic E-state index is 6.15. The molecule has 1 aromatic carbocycles. The van der Waals surface area contributed by atoms with Crippen LogP contribution in [0.5, 0.6) is 5.75 Å². The standard InChI is InChI=1S/C18H29NO/c1-4-17(13-19-12-14(2)3)20-18-10-9-15-7-5-6-8-16(15)11-18/h9-11,14,17,19H,4-8,12-13H2,1-3H3. The second-order valence-corrected chi connectivity index (χ2v) is 6.34. The second-order valence-electron chi connectivity index (χ2n) is 6.34. The zero-order valence-corrected chi connectivity index (χ0v) is 13.2. The molecular formula is C18H29NO. The highest BCUT2D eigenvalue weighted by Gasteiger charge is 2.12. The van der Waals surface area contributed by atoms with Crippen LogP contribution in [0.25, 0.3) is 0 Å². The second kappa shape index (κ2) is 7.68. The number of hydrogen-bond donors (Lipinski definition) is 1. The molecule has 0 amide bonds. The molecule has 0 bridgehead atoms. The van der Waals surface area contributed by atoms with Gasteiger partial charge in [0.05, 0.1) is 0 Å². The smallest absolute Gasteiger partial charge is 0.120 e. The van der Waals surface area contributed by atoms with E-state index in [0.29, 0.717) is 5.92 Å². The summed E-state index contributed by atoms with van der Waals surface area (Å²) >= 11 is 0. The van der Waals surface area contributed by atoms with E-state index < -0.39 is 0 Å². The third kappa shape index (κ3) is 4.52. The zero-order chi connectivity index (χ0) is 14.4. The molecule has 0 heterocycles. The lowest BCUT2D eigenvalue weighted by Gasteiger charge is -2.21. The molecule has 0 saturated carbocycles. The van der Waals surface area contributed by atoms with E-state index in [4.69, 9.17) is 4.74 Å². The molecule has 1 aliphatic rings. The van der Waals surface area contributed by atoms with Crippen LogP contribution >= 0.6 is 0 Å². The van der Waals surface area contributed by atoms with Crippen LogP contribution in [0, 0.1) is 5.92 Å². The van der Waals surface area contributed by atoms with Gasteiger partial charge in [-0.3, -0.25) is 0 Å². The molecule has 1 unspecified atom stereocenters. The summed E-state index contributed by atoms with van der Waals surface area (Å²) in [7, 11) is 0. The van der Waals surface area contributed by atoms with E-state index in [1.54, 1.807) is 0 Å². The van der Waals surface area contributed by atoms with Gasteiger partial charge in [-0.25, -0.2) is 0 Å². The lowest BCUT2D eigenvalue weighted by molar-refractivity contribution is 0.192. The van der Waals surface area contributed by atoms with Gasteiger partial charge in [0, 0.05) is 6.54 Å². The van der Waals surface area contributed by atoms with Crippen LogP contribution in [0.3, 0.4) is 0 Å². The zero-order valence-electron chi connectivity index (χ0n) is 13.2. The molecule has 0 aromatic heterocycles. The van der Waals surface area contributed by atoms with Crippen LogP contribution in [0.2, 0.25) is 0 Å². The fourth-order valence-electron chi connectivity index (χ4n) is 2.78. The van der Waals surface area contributed by atoms with Crippen LogP contribution in [0.4, 0.5) is 0 Å². The number of ether oxygens (including phenoxy) is 1. The Kier molecular flexibility index (Phi) is 5.90. The molecule has 1 aromatic rings. The molecule has 1 aliphatic carbocycles. The first-order chi connectivity index (χ1) is 9.69. The van der Waals surface area contributed by atoms with E-state index >= 15 is 0 Å². The van der Waals surface area contributed by atoms with Crippen LogP contribution in [-0.2, 0) is 12.8 Å². The van der Waals surface area contributed by atoms with Gasteiger partial charge in [-0.05, 0) is 67.8 Å². The normalized spacial score (nSPS) is 16.0. The summed E-state index contributed by atoms with van der Waals surface area (Å²) < 4.78 is 6.15. The lowest BCUT2D eigenvalue weighted by Crippen LogP contribution is -2.33. The minimum Gasteiger partial charge on any atom is -0.489 e. The predicted octanol–water partition coefficient (Wildman–Crippen LogP) is 3.97. The van der Waals surface area contributed by atoms with Crippen molar-refractivity contribution in [3.8, 4) is 5.75 Å². The van der Waals surface area contributed by atoms with E-state index in [9.17, 15) is 0 Å². The number of rotatable bonds is 7. The first-order valence-electron chi connectivity index (χ1n) is 8.18. The first kappa shape index (κ1) is 15.4. The molecule has 0 radical (unpaired) electrons. The third-order valence-electron chi connectivity index (χ3n) is 4.00. The van der Waals surface area contributed by atoms with Crippen LogP contribution in [-0.4, -0.2) is 19.2 Å². The molecule has 0 spiro atoms. The Balaban J connectivity index is 1.90. The number of aryl methyl sites for hydroxylation is 2. The van der Waals surface area contributed by atoms with Gasteiger partial charge in [-0.1, -0.05) is 26.8 Å². The van der Waals surface area contributed by atoms with Gasteiger partial charge in [0.25, 0.3) is 0 Å². The van der Waals surface area contributed by atoms with Crippen molar-refractivity contribution in [2.45, 2.75) is 59.0 Å². The average Bonchev–Trinajstić information content (AvgIpc) is 2.45. The lowest BCUT2D eigenvalue weighted by atomic mass is 9.92. The van der Waals surface area contributed by atoms with Crippen molar-refractivity contribution in [1.29, 1.82) is 0 Å². The molecule has 2 rings (SSSR count). The Morgan fingerprint density at radius 3 is 2.55 bits per heavy atom. The van der Waals surface area contributed by atoms with Gasteiger partial charge < -0.3 is 10.1 Å². The Morgan fingerprint density at radius 2 is 1.85 bits per heavy atom. The van der Waals surface area contributed by atoms with Crippen molar-refractivity contribution in [1.82, 2.24) is 5.32 Å². The van der Waals surface area contributed by atoms with Gasteiger partial charge in [-0.2, -0.15) is 0 Å². The summed E-state index contributed by atoms with van der Waals surface area (Å²) in [5.74, 6) is 1.74. The molecule has 2 nitrogen and oxygen atoms in total. The van der Waals surface area contributed by atoms with Gasteiger partial charge in [0.1, 0.15) is 11.9 Å². The molecule has 0 fully saturated rings.